The zero-order chi connectivity index (χ0) is 25.2. The van der Waals surface area contributed by atoms with Gasteiger partial charge in [0.15, 0.2) is 11.5 Å². The number of aromatic nitrogens is 4. The molecule has 0 atom stereocenters. The molecule has 0 aliphatic carbocycles. The summed E-state index contributed by atoms with van der Waals surface area (Å²) in [7, 11) is 0. The van der Waals surface area contributed by atoms with Crippen LogP contribution in [-0.2, 0) is 6.42 Å². The van der Waals surface area contributed by atoms with E-state index in [4.69, 9.17) is 14.7 Å². The molecule has 8 rings (SSSR count). The van der Waals surface area contributed by atoms with Gasteiger partial charge in [-0.25, -0.2) is 9.97 Å². The van der Waals surface area contributed by atoms with Crippen molar-refractivity contribution in [2.75, 3.05) is 0 Å². The highest BCUT2D eigenvalue weighted by molar-refractivity contribution is 6.03. The number of imidazole rings is 1. The first-order valence-electron chi connectivity index (χ1n) is 12.9. The van der Waals surface area contributed by atoms with Crippen LogP contribution in [0.1, 0.15) is 12.7 Å². The summed E-state index contributed by atoms with van der Waals surface area (Å²) in [6, 6.07) is 33.4. The first-order valence-corrected chi connectivity index (χ1v) is 12.9. The van der Waals surface area contributed by atoms with Gasteiger partial charge < -0.3 is 4.74 Å². The first kappa shape index (κ1) is 21.1. The average molecular weight is 491 g/mol. The van der Waals surface area contributed by atoms with Crippen LogP contribution in [0.5, 0.6) is 11.5 Å². The monoisotopic (exact) mass is 490 g/mol. The summed E-state index contributed by atoms with van der Waals surface area (Å²) >= 11 is 0. The van der Waals surface area contributed by atoms with Gasteiger partial charge in [-0.05, 0) is 42.0 Å². The van der Waals surface area contributed by atoms with Gasteiger partial charge in [-0.2, -0.15) is 0 Å². The zero-order valence-corrected chi connectivity index (χ0v) is 20.7. The van der Waals surface area contributed by atoms with Crippen LogP contribution < -0.4 is 4.74 Å². The van der Waals surface area contributed by atoms with E-state index in [0.29, 0.717) is 0 Å². The second kappa shape index (κ2) is 7.98. The van der Waals surface area contributed by atoms with Crippen molar-refractivity contribution in [3.05, 3.63) is 109 Å². The molecule has 4 aromatic carbocycles. The molecule has 180 valence electrons. The van der Waals surface area contributed by atoms with Crippen molar-refractivity contribution in [1.82, 2.24) is 19.5 Å². The molecule has 0 saturated heterocycles. The number of aryl methyl sites for hydroxylation is 1. The van der Waals surface area contributed by atoms with Gasteiger partial charge >= 0.3 is 0 Å². The van der Waals surface area contributed by atoms with E-state index in [0.717, 1.165) is 84.7 Å². The van der Waals surface area contributed by atoms with Gasteiger partial charge in [-0.1, -0.05) is 67.6 Å². The minimum absolute atomic E-state index is 0.843. The number of pyridine rings is 2. The normalized spacial score (nSPS) is 12.1. The third-order valence-electron chi connectivity index (χ3n) is 7.40. The van der Waals surface area contributed by atoms with E-state index in [-0.39, 0.29) is 0 Å². The number of hydrogen-bond acceptors (Lipinski definition) is 4. The van der Waals surface area contributed by atoms with Gasteiger partial charge in [0.1, 0.15) is 11.3 Å². The number of ether oxygens (including phenoxy) is 1. The van der Waals surface area contributed by atoms with Crippen molar-refractivity contribution in [1.29, 1.82) is 0 Å². The fourth-order valence-electron chi connectivity index (χ4n) is 5.56. The Labute approximate surface area is 219 Å². The summed E-state index contributed by atoms with van der Waals surface area (Å²) in [4.78, 5) is 14.5. The molecule has 38 heavy (non-hydrogen) atoms. The van der Waals surface area contributed by atoms with Gasteiger partial charge in [-0.15, -0.1) is 0 Å². The fraction of sp³-hybridized carbons (Fsp3) is 0.0606. The van der Waals surface area contributed by atoms with Gasteiger partial charge in [0.05, 0.1) is 27.9 Å². The lowest BCUT2D eigenvalue weighted by Crippen LogP contribution is -2.07. The summed E-state index contributed by atoms with van der Waals surface area (Å²) in [6.45, 7) is 2.14. The van der Waals surface area contributed by atoms with Crippen molar-refractivity contribution in [2.45, 2.75) is 13.3 Å². The molecule has 0 radical (unpaired) electrons. The van der Waals surface area contributed by atoms with E-state index < -0.39 is 0 Å². The molecule has 1 aliphatic rings. The lowest BCUT2D eigenvalue weighted by molar-refractivity contribution is 0.476. The van der Waals surface area contributed by atoms with Crippen LogP contribution in [0.2, 0.25) is 0 Å². The molecule has 5 heteroatoms. The highest BCUT2D eigenvalue weighted by atomic mass is 16.5. The molecule has 0 bridgehead atoms. The molecule has 0 spiro atoms. The van der Waals surface area contributed by atoms with Crippen molar-refractivity contribution in [2.24, 2.45) is 0 Å². The van der Waals surface area contributed by atoms with Crippen molar-refractivity contribution in [3.63, 3.8) is 0 Å². The van der Waals surface area contributed by atoms with Crippen LogP contribution in [0, 0.1) is 0 Å². The molecule has 0 amide bonds. The second-order valence-corrected chi connectivity index (χ2v) is 9.58. The fourth-order valence-corrected chi connectivity index (χ4v) is 5.56. The minimum Gasteiger partial charge on any atom is -0.452 e. The maximum Gasteiger partial charge on any atom is 0.161 e. The third-order valence-corrected chi connectivity index (χ3v) is 7.40. The molecule has 7 aromatic rings. The first-order chi connectivity index (χ1) is 18.8. The predicted octanol–water partition coefficient (Wildman–Crippen LogP) is 8.12. The predicted molar refractivity (Wildman–Crippen MR) is 152 cm³/mol. The Morgan fingerprint density at radius 2 is 1.50 bits per heavy atom. The van der Waals surface area contributed by atoms with E-state index >= 15 is 0 Å². The van der Waals surface area contributed by atoms with E-state index in [1.165, 1.54) is 0 Å². The Morgan fingerprint density at radius 3 is 2.37 bits per heavy atom. The van der Waals surface area contributed by atoms with Gasteiger partial charge in [0, 0.05) is 34.5 Å². The lowest BCUT2D eigenvalue weighted by atomic mass is 10.00. The molecule has 4 heterocycles. The SMILES string of the molecule is CCc1nc2ccc(-c3ccc(-c4ccc5ccc6cccnc6c5n4)cc3)c3c2n1-c1ccccc1O3. The zero-order valence-electron chi connectivity index (χ0n) is 20.7. The molecule has 0 N–H and O–H groups in total. The highest BCUT2D eigenvalue weighted by Gasteiger charge is 2.26. The van der Waals surface area contributed by atoms with Gasteiger partial charge in [-0.3, -0.25) is 9.55 Å². The molecular weight excluding hydrogens is 468 g/mol. The number of benzene rings is 4. The number of rotatable bonds is 3. The number of hydrogen-bond donors (Lipinski definition) is 0. The van der Waals surface area contributed by atoms with Crippen LogP contribution >= 0.6 is 0 Å². The van der Waals surface area contributed by atoms with E-state index in [9.17, 15) is 0 Å². The van der Waals surface area contributed by atoms with Crippen LogP contribution in [-0.4, -0.2) is 19.5 Å². The van der Waals surface area contributed by atoms with E-state index in [1.807, 2.05) is 30.5 Å². The summed E-state index contributed by atoms with van der Waals surface area (Å²) in [5.41, 5.74) is 8.98. The third kappa shape index (κ3) is 3.02. The van der Waals surface area contributed by atoms with Gasteiger partial charge in [0.25, 0.3) is 0 Å². The smallest absolute Gasteiger partial charge is 0.161 e. The largest absolute Gasteiger partial charge is 0.452 e. The van der Waals surface area contributed by atoms with Crippen LogP contribution in [0.4, 0.5) is 0 Å². The quantitative estimate of drug-likeness (QED) is 0.235. The average Bonchev–Trinajstić information content (AvgIpc) is 3.37. The Hall–Kier alpha value is -5.03. The molecule has 0 unspecified atom stereocenters. The summed E-state index contributed by atoms with van der Waals surface area (Å²) < 4.78 is 8.77. The molecule has 1 aliphatic heterocycles. The highest BCUT2D eigenvalue weighted by Crippen LogP contribution is 2.46. The number of nitrogens with zero attached hydrogens (tertiary/aromatic N) is 4. The van der Waals surface area contributed by atoms with E-state index in [2.05, 4.69) is 89.3 Å². The summed E-state index contributed by atoms with van der Waals surface area (Å²) in [5.74, 6) is 2.73. The Balaban J connectivity index is 1.25. The topological polar surface area (TPSA) is 52.8 Å². The Morgan fingerprint density at radius 1 is 0.711 bits per heavy atom. The molecule has 5 nitrogen and oxygen atoms in total. The minimum atomic E-state index is 0.843. The molecular formula is C33H22N4O. The second-order valence-electron chi connectivity index (χ2n) is 9.58. The molecule has 3 aromatic heterocycles. The van der Waals surface area contributed by atoms with Gasteiger partial charge in [0.2, 0.25) is 0 Å². The lowest BCUT2D eigenvalue weighted by Gasteiger charge is -2.23. The Kier molecular flexibility index (Phi) is 4.43. The standard InChI is InChI=1S/C33H22N4O/c1-2-29-35-26-18-16-24(33-32(26)37(29)27-7-3-4-8-28(27)38-33)20-9-11-21(12-10-20)25-17-15-23-14-13-22-6-5-19-34-30(22)31(23)36-25/h3-19H,2H2,1H3. The maximum absolute atomic E-state index is 6.52. The van der Waals surface area contributed by atoms with Crippen molar-refractivity contribution < 1.29 is 4.74 Å². The molecule has 0 fully saturated rings. The Bertz CT molecular complexity index is 2040. The maximum atomic E-state index is 6.52. The van der Waals surface area contributed by atoms with Crippen LogP contribution in [0.25, 0.3) is 60.9 Å². The van der Waals surface area contributed by atoms with Crippen LogP contribution in [0.15, 0.2) is 103 Å². The number of para-hydroxylation sites is 2. The van der Waals surface area contributed by atoms with E-state index in [1.54, 1.807) is 0 Å². The summed E-state index contributed by atoms with van der Waals surface area (Å²) in [6.07, 6.45) is 2.67. The van der Waals surface area contributed by atoms with Crippen LogP contribution in [0.3, 0.4) is 0 Å². The van der Waals surface area contributed by atoms with Crippen molar-refractivity contribution in [3.8, 4) is 39.6 Å². The summed E-state index contributed by atoms with van der Waals surface area (Å²) in [5, 5.41) is 2.18. The number of fused-ring (bicyclic) bond motifs is 5. The molecule has 0 saturated carbocycles. The van der Waals surface area contributed by atoms with Crippen molar-refractivity contribution >= 4 is 32.8 Å².